The minimum atomic E-state index is -3.71. The van der Waals surface area contributed by atoms with Crippen molar-refractivity contribution in [2.75, 3.05) is 48.8 Å². The molecule has 2 aromatic heterocycles. The van der Waals surface area contributed by atoms with Crippen LogP contribution in [0.15, 0.2) is 88.4 Å². The summed E-state index contributed by atoms with van der Waals surface area (Å²) in [6.07, 6.45) is 5.45. The van der Waals surface area contributed by atoms with Gasteiger partial charge in [0.25, 0.3) is 0 Å². The predicted octanol–water partition coefficient (Wildman–Crippen LogP) is 3.96. The van der Waals surface area contributed by atoms with Gasteiger partial charge in [-0.25, -0.2) is 17.8 Å². The highest BCUT2D eigenvalue weighted by Crippen LogP contribution is 2.31. The number of morpholine rings is 1. The second-order valence-corrected chi connectivity index (χ2v) is 12.8. The molecule has 0 atom stereocenters. The molecular weight excluding hydrogens is 585 g/mol. The number of allylic oxidation sites excluding steroid dienone is 1. The summed E-state index contributed by atoms with van der Waals surface area (Å²) in [5.74, 6) is -0.285. The monoisotopic (exact) mass is 617 g/mol. The summed E-state index contributed by atoms with van der Waals surface area (Å²) >= 11 is 0. The van der Waals surface area contributed by atoms with E-state index in [1.807, 2.05) is 35.2 Å². The van der Waals surface area contributed by atoms with Crippen LogP contribution in [0.3, 0.4) is 0 Å². The molecule has 2 aromatic carbocycles. The lowest BCUT2D eigenvalue weighted by atomic mass is 10.0. The van der Waals surface area contributed by atoms with Gasteiger partial charge in [-0.05, 0) is 41.3 Å². The first-order valence-corrected chi connectivity index (χ1v) is 16.1. The number of halogens is 1. The maximum absolute atomic E-state index is 14.3. The maximum Gasteiger partial charge on any atom is 0.301 e. The van der Waals surface area contributed by atoms with Crippen molar-refractivity contribution in [3.8, 4) is 5.75 Å². The summed E-state index contributed by atoms with van der Waals surface area (Å²) in [6, 6.07) is 17.5. The van der Waals surface area contributed by atoms with E-state index in [0.29, 0.717) is 50.5 Å². The Morgan fingerprint density at radius 1 is 1.05 bits per heavy atom. The molecule has 0 unspecified atom stereocenters. The van der Waals surface area contributed by atoms with E-state index in [4.69, 9.17) is 14.5 Å². The molecule has 6 rings (SSSR count). The molecular formula is C32H32FN5O5S. The molecule has 4 aromatic rings. The normalized spacial score (nSPS) is 15.3. The van der Waals surface area contributed by atoms with Gasteiger partial charge in [0.1, 0.15) is 18.1 Å². The molecule has 0 aliphatic carbocycles. The Morgan fingerprint density at radius 2 is 1.77 bits per heavy atom. The third kappa shape index (κ3) is 6.22. The number of nitrogens with zero attached hydrogens (tertiary/aromatic N) is 5. The first-order valence-electron chi connectivity index (χ1n) is 14.2. The number of benzene rings is 2. The number of sulfonamides is 1. The fourth-order valence-electron chi connectivity index (χ4n) is 5.25. The summed E-state index contributed by atoms with van der Waals surface area (Å²) in [5.41, 5.74) is 4.12. The first kappa shape index (κ1) is 29.5. The highest BCUT2D eigenvalue weighted by atomic mass is 32.2. The Morgan fingerprint density at radius 3 is 2.48 bits per heavy atom. The topological polar surface area (TPSA) is 106 Å². The number of hydrogen-bond acceptors (Lipinski definition) is 8. The zero-order chi connectivity index (χ0) is 30.8. The van der Waals surface area contributed by atoms with Gasteiger partial charge in [0, 0.05) is 39.0 Å². The van der Waals surface area contributed by atoms with Crippen LogP contribution in [0.2, 0.25) is 0 Å². The highest BCUT2D eigenvalue weighted by Gasteiger charge is 2.27. The third-order valence-electron chi connectivity index (χ3n) is 7.70. The summed E-state index contributed by atoms with van der Waals surface area (Å²) in [7, 11) is -2.27. The molecule has 0 spiro atoms. The Labute approximate surface area is 254 Å². The van der Waals surface area contributed by atoms with Gasteiger partial charge in [-0.15, -0.1) is 0 Å². The third-order valence-corrected chi connectivity index (χ3v) is 8.89. The second-order valence-electron chi connectivity index (χ2n) is 10.8. The van der Waals surface area contributed by atoms with Gasteiger partial charge in [0.05, 0.1) is 36.6 Å². The van der Waals surface area contributed by atoms with Gasteiger partial charge in [0.2, 0.25) is 15.8 Å². The van der Waals surface area contributed by atoms with Gasteiger partial charge >= 0.3 is 5.56 Å². The lowest BCUT2D eigenvalue weighted by molar-refractivity contribution is 0.122. The number of aliphatic imine (C=N–C) groups is 1. The lowest BCUT2D eigenvalue weighted by Crippen LogP contribution is -2.37. The van der Waals surface area contributed by atoms with Crippen LogP contribution in [0.25, 0.3) is 5.65 Å². The molecule has 12 heteroatoms. The van der Waals surface area contributed by atoms with Crippen molar-refractivity contribution in [3.63, 3.8) is 0 Å². The Hall–Kier alpha value is -4.55. The van der Waals surface area contributed by atoms with Crippen LogP contribution < -0.4 is 19.5 Å². The van der Waals surface area contributed by atoms with Crippen molar-refractivity contribution in [1.29, 1.82) is 0 Å². The average Bonchev–Trinajstić information content (AvgIpc) is 3.49. The molecule has 2 aliphatic rings. The van der Waals surface area contributed by atoms with Crippen LogP contribution in [-0.4, -0.2) is 63.1 Å². The van der Waals surface area contributed by atoms with Gasteiger partial charge in [-0.3, -0.25) is 18.5 Å². The van der Waals surface area contributed by atoms with Crippen molar-refractivity contribution < 1.29 is 22.3 Å². The smallest absolute Gasteiger partial charge is 0.301 e. The number of aromatic nitrogens is 2. The molecule has 1 fully saturated rings. The minimum absolute atomic E-state index is 0.0219. The molecule has 0 amide bonds. The van der Waals surface area contributed by atoms with E-state index in [0.717, 1.165) is 27.3 Å². The molecule has 0 saturated carbocycles. The number of anilines is 2. The maximum atomic E-state index is 14.3. The summed E-state index contributed by atoms with van der Waals surface area (Å²) in [4.78, 5) is 25.8. The van der Waals surface area contributed by atoms with Crippen LogP contribution in [0.5, 0.6) is 5.75 Å². The van der Waals surface area contributed by atoms with Crippen molar-refractivity contribution in [2.24, 2.45) is 4.99 Å². The van der Waals surface area contributed by atoms with E-state index in [9.17, 15) is 17.6 Å². The standard InChI is InChI=1S/C32H32FN5O5S/c1-36(44(2,40)41)28-18-26(37-12-14-42-15-13-37)20-38-31(28)35-29(30(32(38)39)43-21-23-6-4-3-5-7-23)27-17-24(19-34-27)16-22-8-10-25(33)11-9-22/h3-11,18-20H,12-17,21H2,1-2H3. The SMILES string of the molecule is CN(c1cc(N2CCOCC2)cn2c(=O)c(OCc3ccccc3)c(C3=NC=C(Cc4ccc(F)cc4)C3)nc12)S(C)(=O)=O. The van der Waals surface area contributed by atoms with Crippen LogP contribution >= 0.6 is 0 Å². The van der Waals surface area contributed by atoms with Crippen LogP contribution in [0.4, 0.5) is 15.8 Å². The molecule has 0 bridgehead atoms. The van der Waals surface area contributed by atoms with Gasteiger partial charge in [0.15, 0.2) is 5.65 Å². The Balaban J connectivity index is 1.46. The van der Waals surface area contributed by atoms with Crippen molar-refractivity contribution in [1.82, 2.24) is 9.38 Å². The Bertz CT molecular complexity index is 1920. The van der Waals surface area contributed by atoms with Gasteiger partial charge in [-0.2, -0.15) is 0 Å². The molecule has 44 heavy (non-hydrogen) atoms. The Kier molecular flexibility index (Phi) is 8.19. The largest absolute Gasteiger partial charge is 0.481 e. The number of fused-ring (bicyclic) bond motifs is 1. The van der Waals surface area contributed by atoms with Crippen molar-refractivity contribution in [3.05, 3.63) is 112 Å². The summed E-state index contributed by atoms with van der Waals surface area (Å²) in [5, 5.41) is 0. The van der Waals surface area contributed by atoms with Gasteiger partial charge < -0.3 is 14.4 Å². The first-order chi connectivity index (χ1) is 21.2. The number of rotatable bonds is 9. The quantitative estimate of drug-likeness (QED) is 0.280. The van der Waals surface area contributed by atoms with Gasteiger partial charge in [-0.1, -0.05) is 42.5 Å². The molecule has 10 nitrogen and oxygen atoms in total. The van der Waals surface area contributed by atoms with E-state index < -0.39 is 15.6 Å². The molecule has 228 valence electrons. The second kappa shape index (κ2) is 12.2. The zero-order valence-corrected chi connectivity index (χ0v) is 25.3. The summed E-state index contributed by atoms with van der Waals surface area (Å²) < 4.78 is 53.1. The fourth-order valence-corrected chi connectivity index (χ4v) is 5.74. The number of hydrogen-bond donors (Lipinski definition) is 0. The van der Waals surface area contributed by atoms with Crippen molar-refractivity contribution in [2.45, 2.75) is 19.4 Å². The highest BCUT2D eigenvalue weighted by molar-refractivity contribution is 7.92. The van der Waals surface area contributed by atoms with Crippen LogP contribution in [0.1, 0.15) is 23.2 Å². The van der Waals surface area contributed by atoms with Crippen LogP contribution in [0, 0.1) is 5.82 Å². The van der Waals surface area contributed by atoms with E-state index in [1.165, 1.54) is 23.6 Å². The van der Waals surface area contributed by atoms with E-state index in [-0.39, 0.29) is 35.2 Å². The fraction of sp³-hybridized carbons (Fsp3) is 0.281. The predicted molar refractivity (Wildman–Crippen MR) is 168 cm³/mol. The zero-order valence-electron chi connectivity index (χ0n) is 24.4. The molecule has 0 radical (unpaired) electrons. The summed E-state index contributed by atoms with van der Waals surface area (Å²) in [6.45, 7) is 2.33. The van der Waals surface area contributed by atoms with E-state index in [1.54, 1.807) is 30.6 Å². The van der Waals surface area contributed by atoms with E-state index in [2.05, 4.69) is 4.99 Å². The molecule has 0 N–H and O–H groups in total. The average molecular weight is 618 g/mol. The van der Waals surface area contributed by atoms with Crippen molar-refractivity contribution >= 4 is 32.8 Å². The lowest BCUT2D eigenvalue weighted by Gasteiger charge is -2.30. The minimum Gasteiger partial charge on any atom is -0.481 e. The van der Waals surface area contributed by atoms with Crippen LogP contribution in [-0.2, 0) is 27.8 Å². The number of pyridine rings is 1. The number of ether oxygens (including phenoxy) is 2. The molecule has 4 heterocycles. The molecule has 2 aliphatic heterocycles. The van der Waals surface area contributed by atoms with E-state index >= 15 is 0 Å². The molecule has 1 saturated heterocycles.